The van der Waals surface area contributed by atoms with Crippen molar-refractivity contribution in [1.29, 1.82) is 0 Å². The lowest BCUT2D eigenvalue weighted by Gasteiger charge is -2.12. The van der Waals surface area contributed by atoms with Crippen LogP contribution in [0.5, 0.6) is 5.75 Å². The van der Waals surface area contributed by atoms with Gasteiger partial charge in [0, 0.05) is 18.0 Å². The fourth-order valence-corrected chi connectivity index (χ4v) is 2.64. The van der Waals surface area contributed by atoms with Gasteiger partial charge in [0.15, 0.2) is 5.78 Å². The van der Waals surface area contributed by atoms with E-state index in [1.54, 1.807) is 24.3 Å². The minimum Gasteiger partial charge on any atom is -0.492 e. The third-order valence-electron chi connectivity index (χ3n) is 3.96. The van der Waals surface area contributed by atoms with E-state index in [4.69, 9.17) is 4.74 Å². The third kappa shape index (κ3) is 3.87. The summed E-state index contributed by atoms with van der Waals surface area (Å²) in [6.45, 7) is 1.92. The van der Waals surface area contributed by atoms with Gasteiger partial charge in [-0.25, -0.2) is 4.39 Å². The lowest BCUT2D eigenvalue weighted by molar-refractivity contribution is 0.0970. The first kappa shape index (κ1) is 18.3. The van der Waals surface area contributed by atoms with E-state index in [9.17, 15) is 18.8 Å². The second kappa shape index (κ2) is 7.82. The molecule has 0 aliphatic heterocycles. The molecule has 0 atom stereocenters. The third-order valence-corrected chi connectivity index (χ3v) is 3.96. The number of halogens is 1. The molecule has 3 rings (SSSR count). The van der Waals surface area contributed by atoms with Crippen LogP contribution in [0.25, 0.3) is 5.69 Å². The zero-order chi connectivity index (χ0) is 19.4. The fourth-order valence-electron chi connectivity index (χ4n) is 2.64. The Labute approximate surface area is 154 Å². The van der Waals surface area contributed by atoms with Crippen molar-refractivity contribution >= 4 is 5.78 Å². The molecule has 7 heteroatoms. The molecule has 138 valence electrons. The van der Waals surface area contributed by atoms with Gasteiger partial charge in [0.25, 0.3) is 0 Å². The number of carbonyl (C=O) groups excluding carboxylic acids is 1. The molecule has 0 unspecified atom stereocenters. The first-order valence-electron chi connectivity index (χ1n) is 8.34. The van der Waals surface area contributed by atoms with Gasteiger partial charge in [-0.3, -0.25) is 19.0 Å². The summed E-state index contributed by atoms with van der Waals surface area (Å²) in [6, 6.07) is 11.9. The van der Waals surface area contributed by atoms with Crippen LogP contribution in [0.3, 0.4) is 0 Å². The molecule has 0 aliphatic rings. The summed E-state index contributed by atoms with van der Waals surface area (Å²) < 4.78 is 20.7. The van der Waals surface area contributed by atoms with Gasteiger partial charge in [-0.2, -0.15) is 0 Å². The first-order chi connectivity index (χ1) is 13.0. The predicted molar refractivity (Wildman–Crippen MR) is 98.2 cm³/mol. The standard InChI is InChI=1S/C20H17FN2O4/c1-2-27-18-6-4-3-5-16(18)23-12-11-22(19(25)20(23)26)13-17(24)14-7-9-15(21)10-8-14/h3-12H,2,13H2,1H3. The van der Waals surface area contributed by atoms with E-state index in [-0.39, 0.29) is 12.1 Å². The van der Waals surface area contributed by atoms with Gasteiger partial charge in [-0.15, -0.1) is 0 Å². The lowest BCUT2D eigenvalue weighted by atomic mass is 10.1. The largest absolute Gasteiger partial charge is 0.492 e. The van der Waals surface area contributed by atoms with E-state index in [1.807, 2.05) is 6.92 Å². The Hall–Kier alpha value is -3.48. The maximum Gasteiger partial charge on any atom is 0.321 e. The highest BCUT2D eigenvalue weighted by Crippen LogP contribution is 2.20. The van der Waals surface area contributed by atoms with Gasteiger partial charge in [0.2, 0.25) is 0 Å². The highest BCUT2D eigenvalue weighted by molar-refractivity contribution is 5.95. The zero-order valence-corrected chi connectivity index (χ0v) is 14.6. The summed E-state index contributed by atoms with van der Waals surface area (Å²) in [6.07, 6.45) is 2.79. The smallest absolute Gasteiger partial charge is 0.321 e. The SMILES string of the molecule is CCOc1ccccc1-n1ccn(CC(=O)c2ccc(F)cc2)c(=O)c1=O. The van der Waals surface area contributed by atoms with Crippen LogP contribution in [-0.2, 0) is 6.54 Å². The maximum atomic E-state index is 13.0. The average Bonchev–Trinajstić information content (AvgIpc) is 2.67. The van der Waals surface area contributed by atoms with E-state index in [0.29, 0.717) is 18.0 Å². The Morgan fingerprint density at radius 1 is 1.00 bits per heavy atom. The van der Waals surface area contributed by atoms with Gasteiger partial charge in [-0.05, 0) is 43.3 Å². The summed E-state index contributed by atoms with van der Waals surface area (Å²) in [5, 5.41) is 0. The van der Waals surface area contributed by atoms with E-state index in [1.165, 1.54) is 41.2 Å². The van der Waals surface area contributed by atoms with E-state index < -0.39 is 22.7 Å². The van der Waals surface area contributed by atoms with Crippen molar-refractivity contribution < 1.29 is 13.9 Å². The molecule has 0 amide bonds. The average molecular weight is 368 g/mol. The number of ketones is 1. The lowest BCUT2D eigenvalue weighted by Crippen LogP contribution is -2.41. The Morgan fingerprint density at radius 2 is 1.70 bits per heavy atom. The fraction of sp³-hybridized carbons (Fsp3) is 0.150. The van der Waals surface area contributed by atoms with Crippen LogP contribution in [0, 0.1) is 5.82 Å². The van der Waals surface area contributed by atoms with Crippen LogP contribution < -0.4 is 15.9 Å². The van der Waals surface area contributed by atoms with Crippen LogP contribution in [-0.4, -0.2) is 21.5 Å². The Balaban J connectivity index is 1.94. The summed E-state index contributed by atoms with van der Waals surface area (Å²) in [5.74, 6) is -0.384. The molecular weight excluding hydrogens is 351 g/mol. The predicted octanol–water partition coefficient (Wildman–Crippen LogP) is 2.42. The molecule has 0 spiro atoms. The second-order valence-electron chi connectivity index (χ2n) is 5.74. The number of aromatic nitrogens is 2. The molecule has 1 heterocycles. The molecule has 0 saturated carbocycles. The Morgan fingerprint density at radius 3 is 2.41 bits per heavy atom. The first-order valence-corrected chi connectivity index (χ1v) is 8.34. The van der Waals surface area contributed by atoms with Crippen molar-refractivity contribution in [3.63, 3.8) is 0 Å². The van der Waals surface area contributed by atoms with E-state index in [2.05, 4.69) is 0 Å². The maximum absolute atomic E-state index is 13.0. The van der Waals surface area contributed by atoms with Gasteiger partial charge in [-0.1, -0.05) is 12.1 Å². The number of ether oxygens (including phenoxy) is 1. The molecule has 0 N–H and O–H groups in total. The summed E-state index contributed by atoms with van der Waals surface area (Å²) in [4.78, 5) is 37.2. The van der Waals surface area contributed by atoms with Crippen molar-refractivity contribution in [2.24, 2.45) is 0 Å². The second-order valence-corrected chi connectivity index (χ2v) is 5.74. The number of carbonyl (C=O) groups is 1. The number of rotatable bonds is 6. The molecule has 1 aromatic heterocycles. The van der Waals surface area contributed by atoms with Gasteiger partial charge >= 0.3 is 11.1 Å². The number of Topliss-reactive ketones (excluding diaryl/α,β-unsaturated/α-hetero) is 1. The normalized spacial score (nSPS) is 10.6. The van der Waals surface area contributed by atoms with E-state index >= 15 is 0 Å². The molecular formula is C20H17FN2O4. The highest BCUT2D eigenvalue weighted by atomic mass is 19.1. The summed E-state index contributed by atoms with van der Waals surface area (Å²) in [5.41, 5.74) is -0.927. The quantitative estimate of drug-likeness (QED) is 0.495. The molecule has 27 heavy (non-hydrogen) atoms. The number of benzene rings is 2. The number of hydrogen-bond acceptors (Lipinski definition) is 4. The zero-order valence-electron chi connectivity index (χ0n) is 14.6. The molecule has 0 bridgehead atoms. The minimum atomic E-state index is -0.834. The van der Waals surface area contributed by atoms with E-state index in [0.717, 1.165) is 4.57 Å². The molecule has 0 saturated heterocycles. The molecule has 0 radical (unpaired) electrons. The minimum absolute atomic E-state index is 0.258. The number of nitrogens with zero attached hydrogens (tertiary/aromatic N) is 2. The van der Waals surface area contributed by atoms with Gasteiger partial charge < -0.3 is 9.30 Å². The summed E-state index contributed by atoms with van der Waals surface area (Å²) >= 11 is 0. The Bertz CT molecular complexity index is 1080. The topological polar surface area (TPSA) is 70.3 Å². The van der Waals surface area contributed by atoms with Crippen LogP contribution in [0.1, 0.15) is 17.3 Å². The molecule has 3 aromatic rings. The summed E-state index contributed by atoms with van der Waals surface area (Å²) in [7, 11) is 0. The number of hydrogen-bond donors (Lipinski definition) is 0. The highest BCUT2D eigenvalue weighted by Gasteiger charge is 2.13. The molecule has 6 nitrogen and oxygen atoms in total. The van der Waals surface area contributed by atoms with Crippen molar-refractivity contribution in [3.8, 4) is 11.4 Å². The van der Waals surface area contributed by atoms with Crippen molar-refractivity contribution in [1.82, 2.24) is 9.13 Å². The van der Waals surface area contributed by atoms with Crippen molar-refractivity contribution in [2.75, 3.05) is 6.61 Å². The van der Waals surface area contributed by atoms with Crippen LogP contribution in [0.2, 0.25) is 0 Å². The van der Waals surface area contributed by atoms with Gasteiger partial charge in [0.05, 0.1) is 18.8 Å². The number of para-hydroxylation sites is 2. The van der Waals surface area contributed by atoms with Crippen LogP contribution >= 0.6 is 0 Å². The van der Waals surface area contributed by atoms with Crippen LogP contribution in [0.4, 0.5) is 4.39 Å². The van der Waals surface area contributed by atoms with Crippen molar-refractivity contribution in [3.05, 3.63) is 93.0 Å². The van der Waals surface area contributed by atoms with Crippen molar-refractivity contribution in [2.45, 2.75) is 13.5 Å². The van der Waals surface area contributed by atoms with Gasteiger partial charge in [0.1, 0.15) is 11.6 Å². The molecule has 0 fully saturated rings. The monoisotopic (exact) mass is 368 g/mol. The molecule has 2 aromatic carbocycles. The Kier molecular flexibility index (Phi) is 5.30. The van der Waals surface area contributed by atoms with Crippen LogP contribution in [0.15, 0.2) is 70.5 Å². The molecule has 0 aliphatic carbocycles.